The van der Waals surface area contributed by atoms with Crippen molar-refractivity contribution < 1.29 is 4.74 Å². The highest BCUT2D eigenvalue weighted by Crippen LogP contribution is 2.30. The average Bonchev–Trinajstić information content (AvgIpc) is 1.86. The van der Waals surface area contributed by atoms with E-state index in [1.165, 1.54) is 6.42 Å². The summed E-state index contributed by atoms with van der Waals surface area (Å²) < 4.78 is 5.22. The number of hydrogen-bond acceptors (Lipinski definition) is 2. The minimum Gasteiger partial charge on any atom is -0.380 e. The average molecular weight is 157 g/mol. The predicted molar refractivity (Wildman–Crippen MR) is 46.7 cm³/mol. The van der Waals surface area contributed by atoms with Crippen LogP contribution in [0.25, 0.3) is 0 Å². The quantitative estimate of drug-likeness (QED) is 0.666. The van der Waals surface area contributed by atoms with E-state index in [-0.39, 0.29) is 0 Å². The van der Waals surface area contributed by atoms with Gasteiger partial charge in [-0.2, -0.15) is 0 Å². The summed E-state index contributed by atoms with van der Waals surface area (Å²) in [6, 6.07) is 0.596. The summed E-state index contributed by atoms with van der Waals surface area (Å²) in [5.41, 5.74) is 0.463. The maximum absolute atomic E-state index is 5.22. The van der Waals surface area contributed by atoms with Crippen LogP contribution >= 0.6 is 0 Å². The molecule has 0 bridgehead atoms. The molecule has 0 aromatic rings. The minimum absolute atomic E-state index is 0.463. The maximum atomic E-state index is 5.22. The van der Waals surface area contributed by atoms with Gasteiger partial charge in [-0.3, -0.25) is 0 Å². The zero-order valence-electron chi connectivity index (χ0n) is 7.81. The molecule has 1 saturated heterocycles. The Morgan fingerprint density at radius 1 is 1.45 bits per heavy atom. The monoisotopic (exact) mass is 157 g/mol. The second-order valence-electron chi connectivity index (χ2n) is 3.88. The molecule has 1 aliphatic heterocycles. The fourth-order valence-corrected chi connectivity index (χ4v) is 1.24. The second-order valence-corrected chi connectivity index (χ2v) is 3.88. The topological polar surface area (TPSA) is 21.3 Å². The largest absolute Gasteiger partial charge is 0.380 e. The molecule has 66 valence electrons. The minimum atomic E-state index is 0.463. The fraction of sp³-hybridized carbons (Fsp3) is 1.00. The van der Waals surface area contributed by atoms with Gasteiger partial charge in [0.1, 0.15) is 0 Å². The van der Waals surface area contributed by atoms with Gasteiger partial charge in [-0.05, 0) is 6.42 Å². The molecule has 1 aliphatic rings. The van der Waals surface area contributed by atoms with E-state index in [1.807, 2.05) is 0 Å². The first-order chi connectivity index (χ1) is 5.18. The van der Waals surface area contributed by atoms with Crippen LogP contribution in [-0.2, 0) is 4.74 Å². The Labute approximate surface area is 69.3 Å². The Morgan fingerprint density at radius 3 is 2.36 bits per heavy atom. The molecule has 1 rings (SSSR count). The van der Waals surface area contributed by atoms with Crippen LogP contribution in [-0.4, -0.2) is 25.8 Å². The van der Waals surface area contributed by atoms with Gasteiger partial charge in [0, 0.05) is 18.0 Å². The summed E-state index contributed by atoms with van der Waals surface area (Å²) in [6.07, 6.45) is 1.23. The van der Waals surface area contributed by atoms with E-state index >= 15 is 0 Å². The number of ether oxygens (including phenoxy) is 1. The molecule has 0 atom stereocenters. The molecule has 11 heavy (non-hydrogen) atoms. The lowest BCUT2D eigenvalue weighted by atomic mass is 9.83. The highest BCUT2D eigenvalue weighted by molar-refractivity contribution is 4.86. The van der Waals surface area contributed by atoms with Crippen molar-refractivity contribution in [2.75, 3.05) is 19.8 Å². The molecule has 0 aliphatic carbocycles. The van der Waals surface area contributed by atoms with Crippen molar-refractivity contribution in [2.45, 2.75) is 33.2 Å². The van der Waals surface area contributed by atoms with Gasteiger partial charge < -0.3 is 10.1 Å². The summed E-state index contributed by atoms with van der Waals surface area (Å²) in [6.45, 7) is 9.61. The van der Waals surface area contributed by atoms with Gasteiger partial charge in [-0.1, -0.05) is 20.8 Å². The van der Waals surface area contributed by atoms with Crippen LogP contribution in [0.15, 0.2) is 0 Å². The van der Waals surface area contributed by atoms with Crippen LogP contribution in [0, 0.1) is 5.41 Å². The van der Waals surface area contributed by atoms with E-state index in [0.29, 0.717) is 11.5 Å². The van der Waals surface area contributed by atoms with E-state index in [2.05, 4.69) is 26.1 Å². The first kappa shape index (κ1) is 9.01. The molecule has 0 aromatic heterocycles. The molecule has 0 amide bonds. The second kappa shape index (κ2) is 3.55. The van der Waals surface area contributed by atoms with Gasteiger partial charge in [0.05, 0.1) is 13.2 Å². The Bertz CT molecular complexity index is 113. The lowest BCUT2D eigenvalue weighted by Gasteiger charge is -2.41. The zero-order chi connectivity index (χ0) is 8.32. The summed E-state index contributed by atoms with van der Waals surface area (Å²) in [7, 11) is 0. The van der Waals surface area contributed by atoms with Crippen molar-refractivity contribution in [3.63, 3.8) is 0 Å². The highest BCUT2D eigenvalue weighted by Gasteiger charge is 2.36. The molecular weight excluding hydrogens is 138 g/mol. The molecule has 2 nitrogen and oxygen atoms in total. The van der Waals surface area contributed by atoms with Gasteiger partial charge in [-0.15, -0.1) is 0 Å². The molecule has 1 N–H and O–H groups in total. The third kappa shape index (κ3) is 2.17. The Morgan fingerprint density at radius 2 is 2.09 bits per heavy atom. The van der Waals surface area contributed by atoms with Crippen molar-refractivity contribution >= 4 is 0 Å². The van der Waals surface area contributed by atoms with Crippen molar-refractivity contribution in [1.29, 1.82) is 0 Å². The van der Waals surface area contributed by atoms with Gasteiger partial charge in [0.25, 0.3) is 0 Å². The standard InChI is InChI=1S/C9H19NO/c1-4-9(6-11-7-9)5-10-8(2)3/h8,10H,4-7H2,1-3H3. The molecule has 1 fully saturated rings. The number of rotatable bonds is 4. The molecule has 0 unspecified atom stereocenters. The van der Waals surface area contributed by atoms with E-state index < -0.39 is 0 Å². The third-order valence-corrected chi connectivity index (χ3v) is 2.45. The summed E-state index contributed by atoms with van der Waals surface area (Å²) in [5, 5.41) is 3.46. The zero-order valence-corrected chi connectivity index (χ0v) is 7.81. The van der Waals surface area contributed by atoms with E-state index in [0.717, 1.165) is 19.8 Å². The Hall–Kier alpha value is -0.0800. The van der Waals surface area contributed by atoms with E-state index in [4.69, 9.17) is 4.74 Å². The van der Waals surface area contributed by atoms with Crippen molar-refractivity contribution in [1.82, 2.24) is 5.32 Å². The summed E-state index contributed by atoms with van der Waals surface area (Å²) >= 11 is 0. The number of nitrogens with one attached hydrogen (secondary N) is 1. The first-order valence-corrected chi connectivity index (χ1v) is 4.50. The lowest BCUT2D eigenvalue weighted by molar-refractivity contribution is -0.113. The molecular formula is C9H19NO. The maximum Gasteiger partial charge on any atom is 0.0556 e. The van der Waals surface area contributed by atoms with Crippen molar-refractivity contribution in [3.8, 4) is 0 Å². The normalized spacial score (nSPS) is 21.8. The van der Waals surface area contributed by atoms with Crippen LogP contribution in [0.4, 0.5) is 0 Å². The molecule has 0 radical (unpaired) electrons. The summed E-state index contributed by atoms with van der Waals surface area (Å²) in [5.74, 6) is 0. The molecule has 0 spiro atoms. The van der Waals surface area contributed by atoms with Crippen LogP contribution in [0.1, 0.15) is 27.2 Å². The number of hydrogen-bond donors (Lipinski definition) is 1. The Kier molecular flexibility index (Phi) is 2.90. The van der Waals surface area contributed by atoms with Crippen LogP contribution in [0.5, 0.6) is 0 Å². The van der Waals surface area contributed by atoms with Gasteiger partial charge >= 0.3 is 0 Å². The van der Waals surface area contributed by atoms with Crippen LogP contribution in [0.3, 0.4) is 0 Å². The van der Waals surface area contributed by atoms with Gasteiger partial charge in [0.2, 0.25) is 0 Å². The fourth-order valence-electron chi connectivity index (χ4n) is 1.24. The molecule has 0 aromatic carbocycles. The highest BCUT2D eigenvalue weighted by atomic mass is 16.5. The van der Waals surface area contributed by atoms with Gasteiger partial charge in [0.15, 0.2) is 0 Å². The Balaban J connectivity index is 2.22. The predicted octanol–water partition coefficient (Wildman–Crippen LogP) is 1.41. The van der Waals surface area contributed by atoms with E-state index in [1.54, 1.807) is 0 Å². The van der Waals surface area contributed by atoms with Crippen LogP contribution in [0.2, 0.25) is 0 Å². The van der Waals surface area contributed by atoms with Crippen molar-refractivity contribution in [3.05, 3.63) is 0 Å². The summed E-state index contributed by atoms with van der Waals surface area (Å²) in [4.78, 5) is 0. The molecule has 0 saturated carbocycles. The van der Waals surface area contributed by atoms with Crippen LogP contribution < -0.4 is 5.32 Å². The molecule has 2 heteroatoms. The SMILES string of the molecule is CCC1(CNC(C)C)COC1. The molecule has 1 heterocycles. The third-order valence-electron chi connectivity index (χ3n) is 2.45. The van der Waals surface area contributed by atoms with Gasteiger partial charge in [-0.25, -0.2) is 0 Å². The van der Waals surface area contributed by atoms with E-state index in [9.17, 15) is 0 Å². The lowest BCUT2D eigenvalue weighted by Crippen LogP contribution is -2.50. The van der Waals surface area contributed by atoms with Crippen molar-refractivity contribution in [2.24, 2.45) is 5.41 Å². The smallest absolute Gasteiger partial charge is 0.0556 e. The first-order valence-electron chi connectivity index (χ1n) is 4.50.